The average Bonchev–Trinajstić information content (AvgIpc) is 3.09. The van der Waals surface area contributed by atoms with Gasteiger partial charge < -0.3 is 10.3 Å². The molecule has 3 rings (SSSR count). The fraction of sp³-hybridized carbons (Fsp3) is 0.412. The predicted octanol–water partition coefficient (Wildman–Crippen LogP) is 1.38. The summed E-state index contributed by atoms with van der Waals surface area (Å²) in [6.07, 6.45) is 5.60. The number of imidazole rings is 1. The number of carbonyl (C=O) groups is 1. The molecule has 24 heavy (non-hydrogen) atoms. The Labute approximate surface area is 146 Å². The summed E-state index contributed by atoms with van der Waals surface area (Å²) in [5.74, 6) is -0.316. The molecule has 1 saturated heterocycles. The molecule has 0 saturated carbocycles. The molecule has 2 N–H and O–H groups in total. The van der Waals surface area contributed by atoms with E-state index in [1.165, 1.54) is 0 Å². The Morgan fingerprint density at radius 1 is 1.17 bits per heavy atom. The van der Waals surface area contributed by atoms with E-state index in [2.05, 4.69) is 19.4 Å². The lowest BCUT2D eigenvalue weighted by Crippen LogP contribution is -2.50. The Hall–Kier alpha value is -1.89. The number of hydrogen-bond donors (Lipinski definition) is 1. The fourth-order valence-corrected chi connectivity index (χ4v) is 3.25. The molecule has 7 heteroatoms. The zero-order valence-corrected chi connectivity index (χ0v) is 14.3. The van der Waals surface area contributed by atoms with E-state index in [-0.39, 0.29) is 5.91 Å². The maximum atomic E-state index is 12.0. The van der Waals surface area contributed by atoms with Crippen LogP contribution in [-0.2, 0) is 11.3 Å². The van der Waals surface area contributed by atoms with Gasteiger partial charge in [0.1, 0.15) is 6.04 Å². The normalized spacial score (nSPS) is 17.7. The summed E-state index contributed by atoms with van der Waals surface area (Å²) in [7, 11) is 0. The zero-order valence-electron chi connectivity index (χ0n) is 13.5. The van der Waals surface area contributed by atoms with Gasteiger partial charge in [-0.25, -0.2) is 4.98 Å². The Morgan fingerprint density at radius 2 is 1.88 bits per heavy atom. The second kappa shape index (κ2) is 7.79. The molecule has 6 nitrogen and oxygen atoms in total. The molecule has 0 spiro atoms. The number of nitrogens with zero attached hydrogens (tertiary/aromatic N) is 4. The molecule has 0 radical (unpaired) electrons. The van der Waals surface area contributed by atoms with Crippen molar-refractivity contribution in [3.8, 4) is 0 Å². The van der Waals surface area contributed by atoms with Gasteiger partial charge >= 0.3 is 0 Å². The minimum atomic E-state index is -0.391. The summed E-state index contributed by atoms with van der Waals surface area (Å²) in [6, 6.07) is 6.97. The van der Waals surface area contributed by atoms with Gasteiger partial charge in [-0.3, -0.25) is 14.6 Å². The van der Waals surface area contributed by atoms with Crippen molar-refractivity contribution in [3.63, 3.8) is 0 Å². The van der Waals surface area contributed by atoms with Gasteiger partial charge in [0.2, 0.25) is 5.91 Å². The average molecular weight is 348 g/mol. The van der Waals surface area contributed by atoms with Crippen molar-refractivity contribution in [2.75, 3.05) is 32.7 Å². The third-order valence-electron chi connectivity index (χ3n) is 4.46. The van der Waals surface area contributed by atoms with Crippen LogP contribution in [0.3, 0.4) is 0 Å². The number of rotatable bonds is 6. The lowest BCUT2D eigenvalue weighted by atomic mass is 10.0. The van der Waals surface area contributed by atoms with Crippen LogP contribution in [0, 0.1) is 0 Å². The molecular formula is C17H22ClN5O. The number of carbonyl (C=O) groups excluding carboxylic acids is 1. The smallest absolute Gasteiger partial charge is 0.239 e. The molecular weight excluding hydrogens is 326 g/mol. The number of benzene rings is 1. The summed E-state index contributed by atoms with van der Waals surface area (Å²) in [5, 5.41) is 0.659. The summed E-state index contributed by atoms with van der Waals surface area (Å²) in [4.78, 5) is 20.6. The molecule has 128 valence electrons. The van der Waals surface area contributed by atoms with Crippen LogP contribution in [0.2, 0.25) is 5.02 Å². The predicted molar refractivity (Wildman–Crippen MR) is 93.6 cm³/mol. The number of primary amides is 1. The van der Waals surface area contributed by atoms with Crippen LogP contribution in [-0.4, -0.2) is 58.0 Å². The molecule has 0 unspecified atom stereocenters. The Kier molecular flexibility index (Phi) is 5.50. The number of piperazine rings is 1. The van der Waals surface area contributed by atoms with Crippen LogP contribution in [0.15, 0.2) is 43.0 Å². The third kappa shape index (κ3) is 4.14. The Bertz CT molecular complexity index is 650. The molecule has 1 amide bonds. The van der Waals surface area contributed by atoms with Gasteiger partial charge in [0.25, 0.3) is 0 Å². The first kappa shape index (κ1) is 17.0. The first-order valence-electron chi connectivity index (χ1n) is 8.10. The molecule has 0 aliphatic carbocycles. The molecule has 1 atom stereocenters. The van der Waals surface area contributed by atoms with Crippen molar-refractivity contribution in [2.45, 2.75) is 12.6 Å². The van der Waals surface area contributed by atoms with Crippen molar-refractivity contribution < 1.29 is 4.79 Å². The van der Waals surface area contributed by atoms with E-state index in [0.29, 0.717) is 5.02 Å². The molecule has 2 aromatic rings. The number of amides is 1. The molecule has 1 aromatic heterocycles. The van der Waals surface area contributed by atoms with Gasteiger partial charge in [0, 0.05) is 56.7 Å². The van der Waals surface area contributed by atoms with E-state index in [1.807, 2.05) is 24.7 Å². The Balaban J connectivity index is 1.57. The number of aromatic nitrogens is 2. The second-order valence-corrected chi connectivity index (χ2v) is 6.47. The van der Waals surface area contributed by atoms with Crippen LogP contribution in [0.4, 0.5) is 0 Å². The highest BCUT2D eigenvalue weighted by Crippen LogP contribution is 2.23. The van der Waals surface area contributed by atoms with Crippen LogP contribution in [0.25, 0.3) is 0 Å². The quantitative estimate of drug-likeness (QED) is 0.857. The maximum absolute atomic E-state index is 12.0. The van der Waals surface area contributed by atoms with E-state index in [1.54, 1.807) is 18.3 Å². The Morgan fingerprint density at radius 3 is 2.46 bits per heavy atom. The summed E-state index contributed by atoms with van der Waals surface area (Å²) in [5.41, 5.74) is 6.56. The second-order valence-electron chi connectivity index (χ2n) is 6.03. The SMILES string of the molecule is NC(=O)[C@H](c1ccc(Cl)cc1)N1CCN(CCn2ccnc2)CC1. The first-order valence-corrected chi connectivity index (χ1v) is 8.48. The van der Waals surface area contributed by atoms with E-state index in [0.717, 1.165) is 44.8 Å². The highest BCUT2D eigenvalue weighted by molar-refractivity contribution is 6.30. The van der Waals surface area contributed by atoms with Gasteiger partial charge in [-0.1, -0.05) is 23.7 Å². The van der Waals surface area contributed by atoms with E-state index < -0.39 is 6.04 Å². The van der Waals surface area contributed by atoms with Gasteiger partial charge in [0.05, 0.1) is 6.33 Å². The van der Waals surface area contributed by atoms with Gasteiger partial charge in [-0.2, -0.15) is 0 Å². The molecule has 0 bridgehead atoms. The monoisotopic (exact) mass is 347 g/mol. The van der Waals surface area contributed by atoms with Crippen LogP contribution in [0.5, 0.6) is 0 Å². The lowest BCUT2D eigenvalue weighted by Gasteiger charge is -2.38. The standard InChI is InChI=1S/C17H22ClN5O/c18-15-3-1-14(2-4-15)16(17(19)24)23-11-9-21(10-12-23)7-8-22-6-5-20-13-22/h1-6,13,16H,7-12H2,(H2,19,24)/t16-/m0/s1. The van der Waals surface area contributed by atoms with Gasteiger partial charge in [0.15, 0.2) is 0 Å². The van der Waals surface area contributed by atoms with Crippen LogP contribution >= 0.6 is 11.6 Å². The van der Waals surface area contributed by atoms with Crippen molar-refractivity contribution in [3.05, 3.63) is 53.6 Å². The van der Waals surface area contributed by atoms with Crippen molar-refractivity contribution in [1.82, 2.24) is 19.4 Å². The number of hydrogen-bond acceptors (Lipinski definition) is 4. The molecule has 2 heterocycles. The first-order chi connectivity index (χ1) is 11.6. The molecule has 1 aliphatic rings. The minimum absolute atomic E-state index is 0.316. The zero-order chi connectivity index (χ0) is 16.9. The van der Waals surface area contributed by atoms with Crippen LogP contribution < -0.4 is 5.73 Å². The highest BCUT2D eigenvalue weighted by atomic mass is 35.5. The highest BCUT2D eigenvalue weighted by Gasteiger charge is 2.28. The lowest BCUT2D eigenvalue weighted by molar-refractivity contribution is -0.124. The number of nitrogens with two attached hydrogens (primary N) is 1. The summed E-state index contributed by atoms with van der Waals surface area (Å²) < 4.78 is 2.08. The number of halogens is 1. The van der Waals surface area contributed by atoms with E-state index >= 15 is 0 Å². The topological polar surface area (TPSA) is 67.4 Å². The van der Waals surface area contributed by atoms with Crippen molar-refractivity contribution in [2.24, 2.45) is 5.73 Å². The van der Waals surface area contributed by atoms with E-state index in [9.17, 15) is 4.79 Å². The summed E-state index contributed by atoms with van der Waals surface area (Å²) in [6.45, 7) is 5.39. The summed E-state index contributed by atoms with van der Waals surface area (Å²) >= 11 is 5.94. The molecule has 1 aromatic carbocycles. The molecule has 1 fully saturated rings. The third-order valence-corrected chi connectivity index (χ3v) is 4.71. The minimum Gasteiger partial charge on any atom is -0.368 e. The maximum Gasteiger partial charge on any atom is 0.239 e. The van der Waals surface area contributed by atoms with Crippen molar-refractivity contribution in [1.29, 1.82) is 0 Å². The van der Waals surface area contributed by atoms with Gasteiger partial charge in [-0.05, 0) is 17.7 Å². The molecule has 1 aliphatic heterocycles. The van der Waals surface area contributed by atoms with Crippen molar-refractivity contribution >= 4 is 17.5 Å². The fourth-order valence-electron chi connectivity index (χ4n) is 3.12. The van der Waals surface area contributed by atoms with E-state index in [4.69, 9.17) is 17.3 Å². The van der Waals surface area contributed by atoms with Gasteiger partial charge in [-0.15, -0.1) is 0 Å². The largest absolute Gasteiger partial charge is 0.368 e. The van der Waals surface area contributed by atoms with Crippen LogP contribution in [0.1, 0.15) is 11.6 Å².